The first-order chi connectivity index (χ1) is 5.16. The summed E-state index contributed by atoms with van der Waals surface area (Å²) in [5.74, 6) is 0. The van der Waals surface area contributed by atoms with E-state index in [1.165, 1.54) is 14.7 Å². The summed E-state index contributed by atoms with van der Waals surface area (Å²) in [6.45, 7) is 2.69. The van der Waals surface area contributed by atoms with Gasteiger partial charge in [0.05, 0.1) is 0 Å². The molecular formula is C8H9BrIN. The Morgan fingerprint density at radius 2 is 2.18 bits per heavy atom. The summed E-state index contributed by atoms with van der Waals surface area (Å²) >= 11 is 5.77. The van der Waals surface area contributed by atoms with E-state index in [0.717, 1.165) is 4.47 Å². The van der Waals surface area contributed by atoms with Crippen LogP contribution in [0.2, 0.25) is 0 Å². The Hall–Kier alpha value is 0.390. The van der Waals surface area contributed by atoms with E-state index < -0.39 is 0 Å². The predicted octanol–water partition coefficient (Wildman–Crippen LogP) is 2.82. The Kier molecular flexibility index (Phi) is 3.33. The Morgan fingerprint density at radius 1 is 1.55 bits per heavy atom. The Labute approximate surface area is 88.6 Å². The van der Waals surface area contributed by atoms with E-state index in [4.69, 9.17) is 5.73 Å². The fraction of sp³-hybridized carbons (Fsp3) is 0.250. The third kappa shape index (κ3) is 1.95. The summed E-state index contributed by atoms with van der Waals surface area (Å²) in [5.41, 5.74) is 8.07. The van der Waals surface area contributed by atoms with E-state index in [1.54, 1.807) is 0 Å². The van der Waals surface area contributed by atoms with Gasteiger partial charge in [-0.25, -0.2) is 0 Å². The maximum atomic E-state index is 5.59. The molecule has 1 nitrogen and oxygen atoms in total. The number of hydrogen-bond donors (Lipinski definition) is 1. The minimum Gasteiger partial charge on any atom is -0.326 e. The van der Waals surface area contributed by atoms with Gasteiger partial charge in [0, 0.05) is 14.6 Å². The quantitative estimate of drug-likeness (QED) is 0.789. The molecule has 0 aliphatic carbocycles. The first-order valence-corrected chi connectivity index (χ1v) is 5.17. The average Bonchev–Trinajstić information content (AvgIpc) is 1.99. The van der Waals surface area contributed by atoms with Crippen molar-refractivity contribution >= 4 is 38.5 Å². The largest absolute Gasteiger partial charge is 0.326 e. The van der Waals surface area contributed by atoms with Gasteiger partial charge in [-0.15, -0.1) is 0 Å². The van der Waals surface area contributed by atoms with Gasteiger partial charge >= 0.3 is 0 Å². The third-order valence-corrected chi connectivity index (χ3v) is 3.59. The SMILES string of the molecule is Cc1c(I)ccc(Br)c1CN. The third-order valence-electron chi connectivity index (χ3n) is 1.68. The molecule has 2 N–H and O–H groups in total. The molecule has 11 heavy (non-hydrogen) atoms. The van der Waals surface area contributed by atoms with E-state index in [-0.39, 0.29) is 0 Å². The van der Waals surface area contributed by atoms with Gasteiger partial charge < -0.3 is 5.73 Å². The second-order valence-corrected chi connectivity index (χ2v) is 4.35. The van der Waals surface area contributed by atoms with Crippen molar-refractivity contribution in [3.63, 3.8) is 0 Å². The van der Waals surface area contributed by atoms with Gasteiger partial charge in [0.2, 0.25) is 0 Å². The van der Waals surface area contributed by atoms with E-state index in [0.29, 0.717) is 6.54 Å². The van der Waals surface area contributed by atoms with Crippen LogP contribution in [0.4, 0.5) is 0 Å². The van der Waals surface area contributed by atoms with Crippen molar-refractivity contribution in [1.82, 2.24) is 0 Å². The zero-order chi connectivity index (χ0) is 8.43. The highest BCUT2D eigenvalue weighted by Crippen LogP contribution is 2.23. The van der Waals surface area contributed by atoms with Gasteiger partial charge in [0.25, 0.3) is 0 Å². The average molecular weight is 326 g/mol. The molecule has 0 saturated heterocycles. The molecule has 0 spiro atoms. The van der Waals surface area contributed by atoms with Gasteiger partial charge in [-0.3, -0.25) is 0 Å². The van der Waals surface area contributed by atoms with Crippen LogP contribution >= 0.6 is 38.5 Å². The standard InChI is InChI=1S/C8H9BrIN/c1-5-6(4-11)7(9)2-3-8(5)10/h2-3H,4,11H2,1H3. The molecule has 0 fully saturated rings. The lowest BCUT2D eigenvalue weighted by Gasteiger charge is -2.06. The maximum absolute atomic E-state index is 5.59. The van der Waals surface area contributed by atoms with Crippen LogP contribution in [-0.4, -0.2) is 0 Å². The molecular weight excluding hydrogens is 317 g/mol. The maximum Gasteiger partial charge on any atom is 0.0223 e. The van der Waals surface area contributed by atoms with Gasteiger partial charge in [-0.05, 0) is 52.8 Å². The van der Waals surface area contributed by atoms with Crippen LogP contribution < -0.4 is 5.73 Å². The summed E-state index contributed by atoms with van der Waals surface area (Å²) in [5, 5.41) is 0. The lowest BCUT2D eigenvalue weighted by atomic mass is 10.1. The monoisotopic (exact) mass is 325 g/mol. The molecule has 0 aliphatic rings. The molecule has 1 aromatic carbocycles. The fourth-order valence-corrected chi connectivity index (χ4v) is 2.04. The number of rotatable bonds is 1. The molecule has 60 valence electrons. The van der Waals surface area contributed by atoms with Crippen LogP contribution in [0.5, 0.6) is 0 Å². The second-order valence-electron chi connectivity index (χ2n) is 2.34. The molecule has 0 radical (unpaired) electrons. The first-order valence-electron chi connectivity index (χ1n) is 3.30. The topological polar surface area (TPSA) is 26.0 Å². The minimum atomic E-state index is 0.600. The number of halogens is 2. The van der Waals surface area contributed by atoms with E-state index in [9.17, 15) is 0 Å². The van der Waals surface area contributed by atoms with E-state index in [1.807, 2.05) is 6.07 Å². The van der Waals surface area contributed by atoms with Crippen LogP contribution in [0.3, 0.4) is 0 Å². The van der Waals surface area contributed by atoms with E-state index >= 15 is 0 Å². The summed E-state index contributed by atoms with van der Waals surface area (Å²) in [6.07, 6.45) is 0. The molecule has 0 unspecified atom stereocenters. The van der Waals surface area contributed by atoms with Crippen LogP contribution in [0.25, 0.3) is 0 Å². The minimum absolute atomic E-state index is 0.600. The highest BCUT2D eigenvalue weighted by molar-refractivity contribution is 14.1. The molecule has 1 aromatic rings. The van der Waals surface area contributed by atoms with Gasteiger partial charge in [0.1, 0.15) is 0 Å². The van der Waals surface area contributed by atoms with Crippen molar-refractivity contribution in [2.24, 2.45) is 5.73 Å². The predicted molar refractivity (Wildman–Crippen MR) is 59.5 cm³/mol. The molecule has 0 aliphatic heterocycles. The number of hydrogen-bond acceptors (Lipinski definition) is 1. The summed E-state index contributed by atoms with van der Waals surface area (Å²) in [7, 11) is 0. The normalized spacial score (nSPS) is 10.2. The molecule has 0 aromatic heterocycles. The zero-order valence-electron chi connectivity index (χ0n) is 6.20. The highest BCUT2D eigenvalue weighted by atomic mass is 127. The molecule has 1 rings (SSSR count). The summed E-state index contributed by atoms with van der Waals surface area (Å²) in [4.78, 5) is 0. The van der Waals surface area contributed by atoms with Crippen LogP contribution in [0.15, 0.2) is 16.6 Å². The van der Waals surface area contributed by atoms with Crippen molar-refractivity contribution < 1.29 is 0 Å². The molecule has 0 bridgehead atoms. The van der Waals surface area contributed by atoms with Crippen LogP contribution in [0, 0.1) is 10.5 Å². The van der Waals surface area contributed by atoms with Crippen LogP contribution in [0.1, 0.15) is 11.1 Å². The Bertz CT molecular complexity index is 273. The highest BCUT2D eigenvalue weighted by Gasteiger charge is 2.03. The Morgan fingerprint density at radius 3 is 2.64 bits per heavy atom. The van der Waals surface area contributed by atoms with Crippen LogP contribution in [-0.2, 0) is 6.54 Å². The van der Waals surface area contributed by atoms with Crippen molar-refractivity contribution in [1.29, 1.82) is 0 Å². The lowest BCUT2D eigenvalue weighted by molar-refractivity contribution is 1.03. The van der Waals surface area contributed by atoms with Gasteiger partial charge in [-0.1, -0.05) is 15.9 Å². The zero-order valence-corrected chi connectivity index (χ0v) is 9.94. The van der Waals surface area contributed by atoms with E-state index in [2.05, 4.69) is 51.5 Å². The van der Waals surface area contributed by atoms with Gasteiger partial charge in [0.15, 0.2) is 0 Å². The molecule has 0 saturated carbocycles. The van der Waals surface area contributed by atoms with Crippen molar-refractivity contribution in [3.05, 3.63) is 31.3 Å². The smallest absolute Gasteiger partial charge is 0.0223 e. The van der Waals surface area contributed by atoms with Gasteiger partial charge in [-0.2, -0.15) is 0 Å². The second kappa shape index (κ2) is 3.87. The number of nitrogens with two attached hydrogens (primary N) is 1. The van der Waals surface area contributed by atoms with Crippen molar-refractivity contribution in [3.8, 4) is 0 Å². The molecule has 3 heteroatoms. The Balaban J connectivity index is 3.29. The lowest BCUT2D eigenvalue weighted by Crippen LogP contribution is -2.01. The molecule has 0 amide bonds. The summed E-state index contributed by atoms with van der Waals surface area (Å²) < 4.78 is 2.38. The van der Waals surface area contributed by atoms with Crippen molar-refractivity contribution in [2.45, 2.75) is 13.5 Å². The molecule has 0 heterocycles. The van der Waals surface area contributed by atoms with Crippen molar-refractivity contribution in [2.75, 3.05) is 0 Å². The number of benzene rings is 1. The summed E-state index contributed by atoms with van der Waals surface area (Å²) in [6, 6.07) is 4.12. The fourth-order valence-electron chi connectivity index (χ4n) is 0.946. The first kappa shape index (κ1) is 9.48. The molecule has 0 atom stereocenters.